The van der Waals surface area contributed by atoms with Gasteiger partial charge in [0.15, 0.2) is 0 Å². The number of benzene rings is 1. The van der Waals surface area contributed by atoms with E-state index in [4.69, 9.17) is 11.6 Å². The Morgan fingerprint density at radius 3 is 2.47 bits per heavy atom. The standard InChI is InChI=1S/C11H12ClNO3S/c1-2-3-4-11(14)13-17(15,16)10-7-5-9(12)6-8-10/h2,5-8H,1,3-4H2,(H,13,14). The second-order valence-electron chi connectivity index (χ2n) is 3.31. The zero-order chi connectivity index (χ0) is 12.9. The number of amides is 1. The summed E-state index contributed by atoms with van der Waals surface area (Å²) < 4.78 is 25.4. The van der Waals surface area contributed by atoms with Crippen LogP contribution in [0.1, 0.15) is 12.8 Å². The van der Waals surface area contributed by atoms with E-state index in [0.717, 1.165) is 0 Å². The van der Waals surface area contributed by atoms with Crippen molar-refractivity contribution in [1.29, 1.82) is 0 Å². The summed E-state index contributed by atoms with van der Waals surface area (Å²) in [6.45, 7) is 3.45. The first-order valence-electron chi connectivity index (χ1n) is 4.88. The highest BCUT2D eigenvalue weighted by atomic mass is 35.5. The molecular weight excluding hydrogens is 262 g/mol. The molecule has 0 bridgehead atoms. The molecule has 0 saturated carbocycles. The molecule has 1 aromatic carbocycles. The molecule has 0 aliphatic heterocycles. The number of halogens is 1. The molecular formula is C11H12ClNO3S. The lowest BCUT2D eigenvalue weighted by molar-refractivity contribution is -0.119. The Morgan fingerprint density at radius 2 is 1.94 bits per heavy atom. The molecule has 0 atom stereocenters. The van der Waals surface area contributed by atoms with Crippen LogP contribution in [0, 0.1) is 0 Å². The topological polar surface area (TPSA) is 63.2 Å². The van der Waals surface area contributed by atoms with Crippen molar-refractivity contribution in [2.75, 3.05) is 0 Å². The lowest BCUT2D eigenvalue weighted by Gasteiger charge is -2.06. The van der Waals surface area contributed by atoms with E-state index >= 15 is 0 Å². The fourth-order valence-corrected chi connectivity index (χ4v) is 2.25. The molecule has 1 aromatic rings. The van der Waals surface area contributed by atoms with Gasteiger partial charge in [0.2, 0.25) is 5.91 Å². The zero-order valence-electron chi connectivity index (χ0n) is 9.02. The van der Waals surface area contributed by atoms with Crippen molar-refractivity contribution in [3.63, 3.8) is 0 Å². The number of hydrogen-bond donors (Lipinski definition) is 1. The molecule has 0 spiro atoms. The Hall–Kier alpha value is -1.33. The van der Waals surface area contributed by atoms with Crippen LogP contribution in [0.5, 0.6) is 0 Å². The minimum Gasteiger partial charge on any atom is -0.274 e. The Labute approximate surface area is 105 Å². The van der Waals surface area contributed by atoms with Crippen molar-refractivity contribution in [2.45, 2.75) is 17.7 Å². The van der Waals surface area contributed by atoms with Gasteiger partial charge in [-0.05, 0) is 30.7 Å². The minimum absolute atomic E-state index is 0.00820. The Bertz CT molecular complexity index is 508. The van der Waals surface area contributed by atoms with E-state index in [0.29, 0.717) is 11.4 Å². The predicted octanol–water partition coefficient (Wildman–Crippen LogP) is 2.11. The molecule has 1 amide bonds. The van der Waals surface area contributed by atoms with Crippen LogP contribution in [-0.4, -0.2) is 14.3 Å². The molecule has 0 heterocycles. The normalized spacial score (nSPS) is 10.9. The van der Waals surface area contributed by atoms with Crippen LogP contribution < -0.4 is 4.72 Å². The summed E-state index contributed by atoms with van der Waals surface area (Å²) in [4.78, 5) is 11.3. The van der Waals surface area contributed by atoms with Gasteiger partial charge in [0.1, 0.15) is 0 Å². The fourth-order valence-electron chi connectivity index (χ4n) is 1.11. The average Bonchev–Trinajstić information content (AvgIpc) is 2.26. The van der Waals surface area contributed by atoms with Gasteiger partial charge in [-0.1, -0.05) is 17.7 Å². The fraction of sp³-hybridized carbons (Fsp3) is 0.182. The summed E-state index contributed by atoms with van der Waals surface area (Å²) in [6.07, 6.45) is 2.08. The molecule has 6 heteroatoms. The maximum Gasteiger partial charge on any atom is 0.264 e. The second kappa shape index (κ2) is 5.84. The van der Waals surface area contributed by atoms with Gasteiger partial charge < -0.3 is 0 Å². The molecule has 0 unspecified atom stereocenters. The van der Waals surface area contributed by atoms with Crippen molar-refractivity contribution in [2.24, 2.45) is 0 Å². The minimum atomic E-state index is -3.80. The number of allylic oxidation sites excluding steroid dienone is 1. The molecule has 0 saturated heterocycles. The molecule has 92 valence electrons. The van der Waals surface area contributed by atoms with Gasteiger partial charge in [-0.15, -0.1) is 6.58 Å². The van der Waals surface area contributed by atoms with Gasteiger partial charge in [-0.25, -0.2) is 13.1 Å². The maximum atomic E-state index is 11.7. The molecule has 0 aliphatic rings. The number of hydrogen-bond acceptors (Lipinski definition) is 3. The van der Waals surface area contributed by atoms with Crippen LogP contribution in [-0.2, 0) is 14.8 Å². The first-order chi connectivity index (χ1) is 7.95. The number of carbonyl (C=O) groups is 1. The van der Waals surface area contributed by atoms with Crippen LogP contribution in [0.15, 0.2) is 41.8 Å². The first kappa shape index (κ1) is 13.7. The smallest absolute Gasteiger partial charge is 0.264 e. The van der Waals surface area contributed by atoms with Gasteiger partial charge in [0, 0.05) is 11.4 Å². The third-order valence-electron chi connectivity index (χ3n) is 1.95. The summed E-state index contributed by atoms with van der Waals surface area (Å²) in [5.74, 6) is -0.556. The molecule has 0 radical (unpaired) electrons. The SMILES string of the molecule is C=CCCC(=O)NS(=O)(=O)c1ccc(Cl)cc1. The second-order valence-corrected chi connectivity index (χ2v) is 5.43. The van der Waals surface area contributed by atoms with Gasteiger partial charge in [-0.2, -0.15) is 0 Å². The van der Waals surface area contributed by atoms with Crippen LogP contribution >= 0.6 is 11.6 Å². The van der Waals surface area contributed by atoms with Crippen LogP contribution in [0.2, 0.25) is 5.02 Å². The lowest BCUT2D eigenvalue weighted by atomic mass is 10.3. The van der Waals surface area contributed by atoms with Crippen molar-refractivity contribution in [1.82, 2.24) is 4.72 Å². The highest BCUT2D eigenvalue weighted by Crippen LogP contribution is 2.13. The van der Waals surface area contributed by atoms with Gasteiger partial charge in [0.25, 0.3) is 10.0 Å². The summed E-state index contributed by atoms with van der Waals surface area (Å²) >= 11 is 5.64. The first-order valence-corrected chi connectivity index (χ1v) is 6.74. The summed E-state index contributed by atoms with van der Waals surface area (Å²) in [5, 5.41) is 0.432. The van der Waals surface area contributed by atoms with Crippen molar-refractivity contribution in [3.05, 3.63) is 41.9 Å². The van der Waals surface area contributed by atoms with Gasteiger partial charge in [-0.3, -0.25) is 4.79 Å². The van der Waals surface area contributed by atoms with E-state index in [1.807, 2.05) is 4.72 Å². The number of carbonyl (C=O) groups excluding carboxylic acids is 1. The van der Waals surface area contributed by atoms with E-state index in [9.17, 15) is 13.2 Å². The maximum absolute atomic E-state index is 11.7. The average molecular weight is 274 g/mol. The largest absolute Gasteiger partial charge is 0.274 e. The monoisotopic (exact) mass is 273 g/mol. The summed E-state index contributed by atoms with van der Waals surface area (Å²) in [7, 11) is -3.80. The molecule has 4 nitrogen and oxygen atoms in total. The molecule has 0 aromatic heterocycles. The highest BCUT2D eigenvalue weighted by Gasteiger charge is 2.16. The number of nitrogens with one attached hydrogen (secondary N) is 1. The molecule has 0 aliphatic carbocycles. The van der Waals surface area contributed by atoms with Crippen LogP contribution in [0.3, 0.4) is 0 Å². The Kier molecular flexibility index (Phi) is 4.72. The quantitative estimate of drug-likeness (QED) is 0.836. The van der Waals surface area contributed by atoms with E-state index in [1.54, 1.807) is 6.08 Å². The third kappa shape index (κ3) is 4.20. The molecule has 1 rings (SSSR count). The third-order valence-corrected chi connectivity index (χ3v) is 3.59. The van der Waals surface area contributed by atoms with E-state index in [2.05, 4.69) is 6.58 Å². The van der Waals surface area contributed by atoms with Crippen molar-refractivity contribution >= 4 is 27.5 Å². The Balaban J connectivity index is 2.78. The molecule has 17 heavy (non-hydrogen) atoms. The van der Waals surface area contributed by atoms with E-state index < -0.39 is 15.9 Å². The number of rotatable bonds is 5. The number of sulfonamides is 1. The predicted molar refractivity (Wildman–Crippen MR) is 66.2 cm³/mol. The zero-order valence-corrected chi connectivity index (χ0v) is 10.6. The van der Waals surface area contributed by atoms with Crippen LogP contribution in [0.25, 0.3) is 0 Å². The molecule has 1 N–H and O–H groups in total. The van der Waals surface area contributed by atoms with Gasteiger partial charge in [0.05, 0.1) is 4.90 Å². The highest BCUT2D eigenvalue weighted by molar-refractivity contribution is 7.90. The van der Waals surface area contributed by atoms with Gasteiger partial charge >= 0.3 is 0 Å². The molecule has 0 fully saturated rings. The van der Waals surface area contributed by atoms with E-state index in [-0.39, 0.29) is 11.3 Å². The van der Waals surface area contributed by atoms with Crippen LogP contribution in [0.4, 0.5) is 0 Å². The van der Waals surface area contributed by atoms with Crippen molar-refractivity contribution in [3.8, 4) is 0 Å². The Morgan fingerprint density at radius 1 is 1.35 bits per heavy atom. The lowest BCUT2D eigenvalue weighted by Crippen LogP contribution is -2.30. The van der Waals surface area contributed by atoms with Crippen molar-refractivity contribution < 1.29 is 13.2 Å². The summed E-state index contributed by atoms with van der Waals surface area (Å²) in [6, 6.07) is 5.57. The van der Waals surface area contributed by atoms with E-state index in [1.165, 1.54) is 24.3 Å². The summed E-state index contributed by atoms with van der Waals surface area (Å²) in [5.41, 5.74) is 0.